The predicted molar refractivity (Wildman–Crippen MR) is 106 cm³/mol. The van der Waals surface area contributed by atoms with Crippen molar-refractivity contribution in [1.82, 2.24) is 0 Å². The summed E-state index contributed by atoms with van der Waals surface area (Å²) in [6, 6.07) is 0. The molecule has 0 aromatic carbocycles. The largest absolute Gasteiger partial charge is 0.464 e. The van der Waals surface area contributed by atoms with E-state index in [0.29, 0.717) is 13.2 Å². The molecule has 5 nitrogen and oxygen atoms in total. The average molecular weight is 385 g/mol. The van der Waals surface area contributed by atoms with Gasteiger partial charge in [-0.2, -0.15) is 0 Å². The predicted octanol–water partition coefficient (Wildman–Crippen LogP) is 5.05. The summed E-state index contributed by atoms with van der Waals surface area (Å²) in [5.41, 5.74) is 0. The maximum absolute atomic E-state index is 11.8. The van der Waals surface area contributed by atoms with Gasteiger partial charge in [-0.15, -0.1) is 0 Å². The van der Waals surface area contributed by atoms with E-state index in [1.165, 1.54) is 38.5 Å². The van der Waals surface area contributed by atoms with Gasteiger partial charge in [0.05, 0.1) is 13.2 Å². The molecule has 1 saturated heterocycles. The van der Waals surface area contributed by atoms with Crippen LogP contribution < -0.4 is 0 Å². The summed E-state index contributed by atoms with van der Waals surface area (Å²) in [4.78, 5) is 23.7. The Hall–Kier alpha value is -1.10. The highest BCUT2D eigenvalue weighted by Gasteiger charge is 2.52. The number of carbonyl (C=O) groups excluding carboxylic acids is 2. The topological polar surface area (TPSA) is 65.1 Å². The highest BCUT2D eigenvalue weighted by atomic mass is 16.7. The molecule has 1 aliphatic heterocycles. The van der Waals surface area contributed by atoms with E-state index in [2.05, 4.69) is 27.7 Å². The van der Waals surface area contributed by atoms with Crippen LogP contribution in [-0.4, -0.2) is 37.4 Å². The number of ether oxygens (including phenoxy) is 3. The smallest absolute Gasteiger partial charge is 0.338 e. The van der Waals surface area contributed by atoms with Crippen molar-refractivity contribution in [3.63, 3.8) is 0 Å². The fourth-order valence-electron chi connectivity index (χ4n) is 3.00. The van der Waals surface area contributed by atoms with Gasteiger partial charge in [-0.05, 0) is 24.7 Å². The Kier molecular flexibility index (Phi) is 12.4. The molecule has 1 aliphatic rings. The third-order valence-electron chi connectivity index (χ3n) is 4.80. The van der Waals surface area contributed by atoms with E-state index in [1.807, 2.05) is 0 Å². The van der Waals surface area contributed by atoms with Crippen molar-refractivity contribution in [1.29, 1.82) is 0 Å². The van der Waals surface area contributed by atoms with Gasteiger partial charge in [0.1, 0.15) is 0 Å². The first-order valence-electron chi connectivity index (χ1n) is 10.9. The molecule has 0 saturated carbocycles. The molecule has 5 heteroatoms. The molecule has 0 radical (unpaired) electrons. The van der Waals surface area contributed by atoms with Crippen molar-refractivity contribution < 1.29 is 23.8 Å². The third-order valence-corrected chi connectivity index (χ3v) is 4.80. The first-order chi connectivity index (χ1) is 12.9. The van der Waals surface area contributed by atoms with Gasteiger partial charge in [-0.3, -0.25) is 0 Å². The fourth-order valence-corrected chi connectivity index (χ4v) is 3.00. The van der Waals surface area contributed by atoms with Crippen LogP contribution in [0.25, 0.3) is 0 Å². The van der Waals surface area contributed by atoms with E-state index in [-0.39, 0.29) is 0 Å². The standard InChI is InChI=1S/C22H40O5/c1-17(2)13-9-5-7-11-15-25-21(23)19-20(27-19)22(24)26-16-12-8-6-10-14-18(3)4/h17-20H,5-16H2,1-4H3. The zero-order valence-corrected chi connectivity index (χ0v) is 17.8. The molecule has 0 aliphatic carbocycles. The number of esters is 2. The zero-order chi connectivity index (χ0) is 20.1. The van der Waals surface area contributed by atoms with Crippen LogP contribution in [0, 0.1) is 11.8 Å². The van der Waals surface area contributed by atoms with E-state index >= 15 is 0 Å². The van der Waals surface area contributed by atoms with Gasteiger partial charge in [0, 0.05) is 0 Å². The molecule has 0 aromatic rings. The van der Waals surface area contributed by atoms with Gasteiger partial charge in [-0.1, -0.05) is 79.1 Å². The number of unbranched alkanes of at least 4 members (excludes halogenated alkanes) is 6. The molecular formula is C22H40O5. The van der Waals surface area contributed by atoms with E-state index in [4.69, 9.17) is 14.2 Å². The van der Waals surface area contributed by atoms with Crippen molar-refractivity contribution in [2.75, 3.05) is 13.2 Å². The molecule has 2 atom stereocenters. The molecular weight excluding hydrogens is 344 g/mol. The molecule has 1 rings (SSSR count). The Morgan fingerprint density at radius 3 is 1.41 bits per heavy atom. The van der Waals surface area contributed by atoms with Crippen LogP contribution in [0.4, 0.5) is 0 Å². The number of rotatable bonds is 16. The van der Waals surface area contributed by atoms with Gasteiger partial charge in [0.25, 0.3) is 0 Å². The number of hydrogen-bond acceptors (Lipinski definition) is 5. The van der Waals surface area contributed by atoms with Gasteiger partial charge < -0.3 is 14.2 Å². The van der Waals surface area contributed by atoms with Gasteiger partial charge >= 0.3 is 11.9 Å². The van der Waals surface area contributed by atoms with Crippen LogP contribution in [0.15, 0.2) is 0 Å². The van der Waals surface area contributed by atoms with Crippen molar-refractivity contribution in [3.05, 3.63) is 0 Å². The summed E-state index contributed by atoms with van der Waals surface area (Å²) in [5, 5.41) is 0. The molecule has 27 heavy (non-hydrogen) atoms. The monoisotopic (exact) mass is 384 g/mol. The summed E-state index contributed by atoms with van der Waals surface area (Å²) in [6.45, 7) is 9.72. The Morgan fingerprint density at radius 2 is 1.04 bits per heavy atom. The van der Waals surface area contributed by atoms with Crippen molar-refractivity contribution >= 4 is 11.9 Å². The van der Waals surface area contributed by atoms with E-state index < -0.39 is 24.1 Å². The van der Waals surface area contributed by atoms with Crippen molar-refractivity contribution in [2.24, 2.45) is 11.8 Å². The number of hydrogen-bond donors (Lipinski definition) is 0. The summed E-state index contributed by atoms with van der Waals surface area (Å²) in [7, 11) is 0. The first-order valence-corrected chi connectivity index (χ1v) is 10.9. The molecule has 0 spiro atoms. The lowest BCUT2D eigenvalue weighted by Gasteiger charge is -2.05. The minimum atomic E-state index is -0.760. The van der Waals surface area contributed by atoms with Crippen molar-refractivity contribution in [3.8, 4) is 0 Å². The average Bonchev–Trinajstić information content (AvgIpc) is 3.40. The summed E-state index contributed by atoms with van der Waals surface area (Å²) >= 11 is 0. The first kappa shape index (κ1) is 23.9. The summed E-state index contributed by atoms with van der Waals surface area (Å²) in [5.74, 6) is 0.619. The summed E-state index contributed by atoms with van der Waals surface area (Å²) in [6.07, 6.45) is 9.62. The van der Waals surface area contributed by atoms with Gasteiger partial charge in [0.2, 0.25) is 0 Å². The van der Waals surface area contributed by atoms with Crippen LogP contribution in [0.1, 0.15) is 91.9 Å². The van der Waals surface area contributed by atoms with Gasteiger partial charge in [0.15, 0.2) is 12.2 Å². The minimum Gasteiger partial charge on any atom is -0.464 e. The van der Waals surface area contributed by atoms with E-state index in [1.54, 1.807) is 0 Å². The zero-order valence-electron chi connectivity index (χ0n) is 17.8. The van der Waals surface area contributed by atoms with Crippen LogP contribution >= 0.6 is 0 Å². The molecule has 0 aromatic heterocycles. The molecule has 0 bridgehead atoms. The Labute approximate surface area is 165 Å². The van der Waals surface area contributed by atoms with Crippen LogP contribution in [-0.2, 0) is 23.8 Å². The van der Waals surface area contributed by atoms with Crippen LogP contribution in [0.5, 0.6) is 0 Å². The quantitative estimate of drug-likeness (QED) is 0.212. The lowest BCUT2D eigenvalue weighted by Crippen LogP contribution is -2.21. The SMILES string of the molecule is CC(C)CCCCCCOC(=O)C1OC1C(=O)OCCCCCCC(C)C. The molecule has 0 N–H and O–H groups in total. The second-order valence-electron chi connectivity index (χ2n) is 8.51. The van der Waals surface area contributed by atoms with E-state index in [0.717, 1.165) is 37.5 Å². The molecule has 1 fully saturated rings. The molecule has 2 unspecified atom stereocenters. The second kappa shape index (κ2) is 14.0. The Bertz CT molecular complexity index is 381. The molecule has 1 heterocycles. The fraction of sp³-hybridized carbons (Fsp3) is 0.909. The maximum Gasteiger partial charge on any atom is 0.338 e. The third kappa shape index (κ3) is 12.1. The van der Waals surface area contributed by atoms with Crippen LogP contribution in [0.3, 0.4) is 0 Å². The van der Waals surface area contributed by atoms with Crippen LogP contribution in [0.2, 0.25) is 0 Å². The highest BCUT2D eigenvalue weighted by molar-refractivity contribution is 5.89. The van der Waals surface area contributed by atoms with Gasteiger partial charge in [-0.25, -0.2) is 9.59 Å². The molecule has 0 amide bonds. The highest BCUT2D eigenvalue weighted by Crippen LogP contribution is 2.25. The lowest BCUT2D eigenvalue weighted by atomic mass is 10.0. The minimum absolute atomic E-state index is 0.401. The lowest BCUT2D eigenvalue weighted by molar-refractivity contribution is -0.147. The number of carbonyl (C=O) groups is 2. The van der Waals surface area contributed by atoms with Crippen molar-refractivity contribution in [2.45, 2.75) is 104 Å². The second-order valence-corrected chi connectivity index (χ2v) is 8.51. The normalized spacial score (nSPS) is 18.7. The summed E-state index contributed by atoms with van der Waals surface area (Å²) < 4.78 is 15.5. The van der Waals surface area contributed by atoms with E-state index in [9.17, 15) is 9.59 Å². The Morgan fingerprint density at radius 1 is 0.667 bits per heavy atom. The molecule has 158 valence electrons. The maximum atomic E-state index is 11.8. The Balaban J connectivity index is 1.96. The number of epoxide rings is 1.